The number of unbranched alkanes of at least 4 members (excludes halogenated alkanes) is 2. The third-order valence-corrected chi connectivity index (χ3v) is 4.86. The van der Waals surface area contributed by atoms with Gasteiger partial charge in [-0.1, -0.05) is 57.4 Å². The monoisotopic (exact) mass is 385 g/mol. The summed E-state index contributed by atoms with van der Waals surface area (Å²) in [5.74, 6) is 0.747. The Hall–Kier alpha value is -2.07. The highest BCUT2D eigenvalue weighted by atomic mass is 16.5. The van der Waals surface area contributed by atoms with E-state index in [1.807, 2.05) is 57.2 Å². The van der Waals surface area contributed by atoms with Crippen LogP contribution in [0.1, 0.15) is 66.7 Å². The zero-order chi connectivity index (χ0) is 20.6. The Bertz CT molecular complexity index is 772. The van der Waals surface area contributed by atoms with Crippen LogP contribution in [0.3, 0.4) is 0 Å². The Labute approximate surface area is 169 Å². The number of carbonyl (C=O) groups excluding carboxylic acids is 1. The molecule has 0 aliphatic carbocycles. The van der Waals surface area contributed by atoms with E-state index in [4.69, 9.17) is 9.47 Å². The fraction of sp³-hybridized carbons (Fsp3) is 0.542. The van der Waals surface area contributed by atoms with E-state index in [0.717, 1.165) is 54.3 Å². The van der Waals surface area contributed by atoms with Gasteiger partial charge in [-0.05, 0) is 45.7 Å². The highest BCUT2D eigenvalue weighted by molar-refractivity contribution is 6.06. The lowest BCUT2D eigenvalue weighted by Crippen LogP contribution is -2.43. The summed E-state index contributed by atoms with van der Waals surface area (Å²) in [7, 11) is 0. The first-order valence-electron chi connectivity index (χ1n) is 10.5. The smallest absolute Gasteiger partial charge is 0.256 e. The van der Waals surface area contributed by atoms with Gasteiger partial charge in [0, 0.05) is 23.1 Å². The maximum Gasteiger partial charge on any atom is 0.256 e. The van der Waals surface area contributed by atoms with Crippen molar-refractivity contribution in [3.8, 4) is 5.75 Å². The second-order valence-electron chi connectivity index (χ2n) is 7.81. The van der Waals surface area contributed by atoms with Crippen LogP contribution in [0.2, 0.25) is 0 Å². The van der Waals surface area contributed by atoms with Gasteiger partial charge in [-0.3, -0.25) is 4.79 Å². The molecule has 1 N–H and O–H groups in total. The summed E-state index contributed by atoms with van der Waals surface area (Å²) in [5, 5.41) is 5.09. The summed E-state index contributed by atoms with van der Waals surface area (Å²) in [6.07, 6.45) is 4.90. The highest BCUT2D eigenvalue weighted by Crippen LogP contribution is 2.33. The van der Waals surface area contributed by atoms with E-state index in [2.05, 4.69) is 19.2 Å². The van der Waals surface area contributed by atoms with E-state index >= 15 is 0 Å². The van der Waals surface area contributed by atoms with Crippen LogP contribution in [-0.2, 0) is 9.53 Å². The molecule has 154 valence electrons. The molecule has 0 saturated heterocycles. The van der Waals surface area contributed by atoms with Gasteiger partial charge in [0.15, 0.2) is 0 Å². The number of nitrogens with one attached hydrogen (secondary N) is 1. The highest BCUT2D eigenvalue weighted by Gasteiger charge is 2.34. The van der Waals surface area contributed by atoms with Crippen molar-refractivity contribution in [1.29, 1.82) is 0 Å². The molecule has 4 nitrogen and oxygen atoms in total. The van der Waals surface area contributed by atoms with Gasteiger partial charge < -0.3 is 14.8 Å². The zero-order valence-electron chi connectivity index (χ0n) is 18.0. The Morgan fingerprint density at radius 3 is 2.39 bits per heavy atom. The molecule has 2 aromatic carbocycles. The third kappa shape index (κ3) is 5.71. The van der Waals surface area contributed by atoms with E-state index < -0.39 is 5.60 Å². The van der Waals surface area contributed by atoms with Crippen LogP contribution in [0.25, 0.3) is 10.8 Å². The average molecular weight is 386 g/mol. The predicted octanol–water partition coefficient (Wildman–Crippen LogP) is 6.33. The van der Waals surface area contributed by atoms with Crippen molar-refractivity contribution < 1.29 is 14.3 Å². The Balaban J connectivity index is 2.29. The van der Waals surface area contributed by atoms with Crippen LogP contribution in [0.5, 0.6) is 5.75 Å². The number of hydrogen-bond donors (Lipinski definition) is 1. The van der Waals surface area contributed by atoms with Crippen LogP contribution in [-0.4, -0.2) is 24.2 Å². The summed E-state index contributed by atoms with van der Waals surface area (Å²) in [5.41, 5.74) is -0.0298. The number of benzene rings is 2. The van der Waals surface area contributed by atoms with Crippen molar-refractivity contribution in [2.75, 3.05) is 11.9 Å². The van der Waals surface area contributed by atoms with Gasteiger partial charge in [0.1, 0.15) is 11.4 Å². The van der Waals surface area contributed by atoms with Gasteiger partial charge in [0.2, 0.25) is 0 Å². The van der Waals surface area contributed by atoms with Gasteiger partial charge in [-0.2, -0.15) is 0 Å². The lowest BCUT2D eigenvalue weighted by Gasteiger charge is -2.29. The molecule has 1 unspecified atom stereocenters. The second kappa shape index (κ2) is 10.5. The summed E-state index contributed by atoms with van der Waals surface area (Å²) in [4.78, 5) is 13.2. The van der Waals surface area contributed by atoms with Gasteiger partial charge >= 0.3 is 0 Å². The van der Waals surface area contributed by atoms with E-state index in [0.29, 0.717) is 6.61 Å². The minimum Gasteiger partial charge on any atom is -0.490 e. The van der Waals surface area contributed by atoms with Gasteiger partial charge in [-0.15, -0.1) is 0 Å². The van der Waals surface area contributed by atoms with Crippen molar-refractivity contribution in [2.45, 2.75) is 78.4 Å². The number of fused-ring (bicyclic) bond motifs is 1. The number of rotatable bonds is 11. The first-order chi connectivity index (χ1) is 13.4. The van der Waals surface area contributed by atoms with Crippen molar-refractivity contribution in [2.24, 2.45) is 0 Å². The SMILES string of the molecule is CCCCCC(C)(OCCC)C(=O)Nc1ccc(OC(C)C)c2ccccc12. The number of hydrogen-bond acceptors (Lipinski definition) is 3. The lowest BCUT2D eigenvalue weighted by atomic mass is 9.96. The molecule has 0 saturated carbocycles. The first-order valence-corrected chi connectivity index (χ1v) is 10.5. The van der Waals surface area contributed by atoms with Crippen molar-refractivity contribution >= 4 is 22.4 Å². The molecule has 0 spiro atoms. The molecule has 0 heterocycles. The molecule has 0 aliphatic heterocycles. The molecule has 28 heavy (non-hydrogen) atoms. The molecule has 1 atom stereocenters. The molecule has 0 fully saturated rings. The van der Waals surface area contributed by atoms with E-state index in [1.54, 1.807) is 0 Å². The lowest BCUT2D eigenvalue weighted by molar-refractivity contribution is -0.140. The third-order valence-electron chi connectivity index (χ3n) is 4.86. The largest absolute Gasteiger partial charge is 0.490 e. The van der Waals surface area contributed by atoms with Crippen molar-refractivity contribution in [1.82, 2.24) is 0 Å². The molecule has 2 rings (SSSR count). The maximum atomic E-state index is 13.2. The first kappa shape index (κ1) is 22.2. The molecule has 0 bridgehead atoms. The predicted molar refractivity (Wildman–Crippen MR) is 117 cm³/mol. The summed E-state index contributed by atoms with van der Waals surface area (Å²) in [6.45, 7) is 10.7. The molecular weight excluding hydrogens is 350 g/mol. The molecule has 0 radical (unpaired) electrons. The van der Waals surface area contributed by atoms with Gasteiger partial charge in [0.25, 0.3) is 5.91 Å². The van der Waals surface area contributed by atoms with Crippen molar-refractivity contribution in [3.05, 3.63) is 36.4 Å². The van der Waals surface area contributed by atoms with E-state index in [1.165, 1.54) is 0 Å². The average Bonchev–Trinajstić information content (AvgIpc) is 2.68. The maximum absolute atomic E-state index is 13.2. The Kier molecular flexibility index (Phi) is 8.31. The second-order valence-corrected chi connectivity index (χ2v) is 7.81. The van der Waals surface area contributed by atoms with Crippen LogP contribution in [0.4, 0.5) is 5.69 Å². The van der Waals surface area contributed by atoms with Crippen LogP contribution in [0, 0.1) is 0 Å². The standard InChI is InChI=1S/C24H35NO3/c1-6-8-11-16-24(5,27-17-7-2)23(26)25-21-14-15-22(28-18(3)4)20-13-10-9-12-19(20)21/h9-10,12-15,18H,6-8,11,16-17H2,1-5H3,(H,25,26). The molecule has 1 amide bonds. The fourth-order valence-corrected chi connectivity index (χ4v) is 3.28. The summed E-state index contributed by atoms with van der Waals surface area (Å²) in [6, 6.07) is 11.9. The molecular formula is C24H35NO3. The number of ether oxygens (including phenoxy) is 2. The normalized spacial score (nSPS) is 13.5. The minimum atomic E-state index is -0.820. The van der Waals surface area contributed by atoms with Crippen LogP contribution in [0.15, 0.2) is 36.4 Å². The molecule has 0 aliphatic rings. The van der Waals surface area contributed by atoms with E-state index in [9.17, 15) is 4.79 Å². The fourth-order valence-electron chi connectivity index (χ4n) is 3.28. The van der Waals surface area contributed by atoms with Crippen LogP contribution < -0.4 is 10.1 Å². The summed E-state index contributed by atoms with van der Waals surface area (Å²) < 4.78 is 11.9. The zero-order valence-corrected chi connectivity index (χ0v) is 18.0. The minimum absolute atomic E-state index is 0.0836. The molecule has 0 aromatic heterocycles. The molecule has 4 heteroatoms. The Morgan fingerprint density at radius 2 is 1.75 bits per heavy atom. The quantitative estimate of drug-likeness (QED) is 0.460. The molecule has 2 aromatic rings. The number of carbonyl (C=O) groups is 1. The van der Waals surface area contributed by atoms with E-state index in [-0.39, 0.29) is 12.0 Å². The number of anilines is 1. The van der Waals surface area contributed by atoms with Crippen molar-refractivity contribution in [3.63, 3.8) is 0 Å². The van der Waals surface area contributed by atoms with Gasteiger partial charge in [0.05, 0.1) is 6.10 Å². The Morgan fingerprint density at radius 1 is 1.04 bits per heavy atom. The van der Waals surface area contributed by atoms with Gasteiger partial charge in [-0.25, -0.2) is 0 Å². The number of amides is 1. The topological polar surface area (TPSA) is 47.6 Å². The van der Waals surface area contributed by atoms with Crippen LogP contribution >= 0.6 is 0 Å². The summed E-state index contributed by atoms with van der Waals surface area (Å²) >= 11 is 0.